The van der Waals surface area contributed by atoms with Crippen molar-refractivity contribution in [2.75, 3.05) is 11.1 Å². The Balaban J connectivity index is 1.82. The molecule has 0 aliphatic rings. The van der Waals surface area contributed by atoms with Crippen molar-refractivity contribution < 1.29 is 0 Å². The van der Waals surface area contributed by atoms with E-state index in [4.69, 9.17) is 5.73 Å². The predicted octanol–water partition coefficient (Wildman–Crippen LogP) is 4.54. The van der Waals surface area contributed by atoms with Crippen LogP contribution in [0, 0.1) is 6.92 Å². The van der Waals surface area contributed by atoms with E-state index < -0.39 is 0 Å². The minimum atomic E-state index is 0.295. The Morgan fingerprint density at radius 1 is 1.14 bits per heavy atom. The molecule has 3 heterocycles. The minimum absolute atomic E-state index is 0.295. The summed E-state index contributed by atoms with van der Waals surface area (Å²) in [5.41, 5.74) is 6.81. The number of nitrogens with zero attached hydrogens (tertiary/aromatic N) is 2. The summed E-state index contributed by atoms with van der Waals surface area (Å²) in [7, 11) is 0. The fraction of sp³-hybridized carbons (Fsp3) is 0.0667. The molecule has 0 atom stereocenters. The molecule has 3 aromatic heterocycles. The number of nitrogens with one attached hydrogen (secondary N) is 1. The Morgan fingerprint density at radius 2 is 2.05 bits per heavy atom. The summed E-state index contributed by atoms with van der Waals surface area (Å²) in [6.07, 6.45) is 0. The summed E-state index contributed by atoms with van der Waals surface area (Å²) in [5, 5.41) is 7.70. The number of nitrogen functional groups attached to an aromatic ring is 1. The van der Waals surface area contributed by atoms with Crippen molar-refractivity contribution >= 4 is 60.4 Å². The molecule has 6 heteroatoms. The molecule has 4 rings (SSSR count). The van der Waals surface area contributed by atoms with Crippen LogP contribution < -0.4 is 11.1 Å². The van der Waals surface area contributed by atoms with Gasteiger partial charge in [-0.05, 0) is 48.0 Å². The first-order valence-electron chi connectivity index (χ1n) is 6.47. The second-order valence-electron chi connectivity index (χ2n) is 4.80. The molecule has 0 aliphatic carbocycles. The Hall–Kier alpha value is -2.18. The topological polar surface area (TPSA) is 63.8 Å². The van der Waals surface area contributed by atoms with Crippen LogP contribution in [0.25, 0.3) is 20.3 Å². The van der Waals surface area contributed by atoms with Crippen LogP contribution in [0.15, 0.2) is 35.7 Å². The van der Waals surface area contributed by atoms with E-state index in [0.717, 1.165) is 21.7 Å². The van der Waals surface area contributed by atoms with Crippen molar-refractivity contribution in [2.24, 2.45) is 0 Å². The zero-order valence-electron chi connectivity index (χ0n) is 11.3. The lowest BCUT2D eigenvalue weighted by Crippen LogP contribution is -2.00. The van der Waals surface area contributed by atoms with Gasteiger partial charge >= 0.3 is 0 Å². The van der Waals surface area contributed by atoms with Crippen molar-refractivity contribution in [1.29, 1.82) is 0 Å². The van der Waals surface area contributed by atoms with Gasteiger partial charge in [-0.1, -0.05) is 0 Å². The zero-order valence-corrected chi connectivity index (χ0v) is 12.9. The van der Waals surface area contributed by atoms with E-state index in [0.29, 0.717) is 5.95 Å². The van der Waals surface area contributed by atoms with Gasteiger partial charge in [-0.3, -0.25) is 0 Å². The van der Waals surface area contributed by atoms with E-state index in [-0.39, 0.29) is 0 Å². The number of aryl methyl sites for hydroxylation is 1. The first-order chi connectivity index (χ1) is 10.2. The van der Waals surface area contributed by atoms with Gasteiger partial charge in [0.2, 0.25) is 5.95 Å². The third-order valence-corrected chi connectivity index (χ3v) is 5.09. The lowest BCUT2D eigenvalue weighted by atomic mass is 10.2. The number of benzene rings is 1. The van der Waals surface area contributed by atoms with Gasteiger partial charge in [-0.2, -0.15) is 4.98 Å². The van der Waals surface area contributed by atoms with Crippen molar-refractivity contribution in [2.45, 2.75) is 6.92 Å². The number of nitrogens with two attached hydrogens (primary N) is 1. The molecule has 3 N–H and O–H groups in total. The Bertz CT molecular complexity index is 955. The van der Waals surface area contributed by atoms with Crippen LogP contribution >= 0.6 is 22.7 Å². The van der Waals surface area contributed by atoms with E-state index in [1.54, 1.807) is 22.7 Å². The van der Waals surface area contributed by atoms with Gasteiger partial charge < -0.3 is 11.1 Å². The molecule has 0 amide bonds. The number of fused-ring (bicyclic) bond motifs is 2. The van der Waals surface area contributed by atoms with E-state index in [1.165, 1.54) is 15.0 Å². The average molecular weight is 312 g/mol. The maximum absolute atomic E-state index is 5.81. The molecule has 1 aromatic carbocycles. The maximum atomic E-state index is 5.81. The number of aromatic nitrogens is 2. The highest BCUT2D eigenvalue weighted by molar-refractivity contribution is 7.18. The van der Waals surface area contributed by atoms with Crippen LogP contribution in [-0.2, 0) is 0 Å². The molecule has 0 unspecified atom stereocenters. The Kier molecular flexibility index (Phi) is 2.80. The van der Waals surface area contributed by atoms with Gasteiger partial charge in [0, 0.05) is 15.3 Å². The maximum Gasteiger partial charge on any atom is 0.223 e. The van der Waals surface area contributed by atoms with Crippen LogP contribution in [0.2, 0.25) is 0 Å². The third kappa shape index (κ3) is 2.22. The number of anilines is 3. The van der Waals surface area contributed by atoms with Crippen molar-refractivity contribution in [3.8, 4) is 0 Å². The van der Waals surface area contributed by atoms with Crippen LogP contribution in [0.3, 0.4) is 0 Å². The highest BCUT2D eigenvalue weighted by atomic mass is 32.1. The molecule has 0 fully saturated rings. The van der Waals surface area contributed by atoms with Crippen LogP contribution in [-0.4, -0.2) is 9.97 Å². The van der Waals surface area contributed by atoms with E-state index in [2.05, 4.69) is 57.9 Å². The van der Waals surface area contributed by atoms with Gasteiger partial charge in [0.25, 0.3) is 0 Å². The van der Waals surface area contributed by atoms with Gasteiger partial charge in [-0.15, -0.1) is 22.7 Å². The number of rotatable bonds is 2. The molecule has 0 saturated carbocycles. The second-order valence-corrected chi connectivity index (χ2v) is 6.99. The summed E-state index contributed by atoms with van der Waals surface area (Å²) in [6.45, 7) is 2.06. The number of hydrogen-bond donors (Lipinski definition) is 2. The van der Waals surface area contributed by atoms with E-state index in [1.807, 2.05) is 0 Å². The van der Waals surface area contributed by atoms with Gasteiger partial charge in [0.05, 0.1) is 5.39 Å². The smallest absolute Gasteiger partial charge is 0.223 e. The predicted molar refractivity (Wildman–Crippen MR) is 91.7 cm³/mol. The first kappa shape index (κ1) is 12.6. The van der Waals surface area contributed by atoms with Gasteiger partial charge in [0.1, 0.15) is 10.6 Å². The van der Waals surface area contributed by atoms with Crippen LogP contribution in [0.4, 0.5) is 17.5 Å². The van der Waals surface area contributed by atoms with E-state index in [9.17, 15) is 0 Å². The summed E-state index contributed by atoms with van der Waals surface area (Å²) >= 11 is 3.36. The first-order valence-corrected chi connectivity index (χ1v) is 8.16. The molecular weight excluding hydrogens is 300 g/mol. The zero-order chi connectivity index (χ0) is 14.4. The molecular formula is C15H12N4S2. The van der Waals surface area contributed by atoms with Gasteiger partial charge in [0.15, 0.2) is 0 Å². The average Bonchev–Trinajstić information content (AvgIpc) is 3.03. The van der Waals surface area contributed by atoms with Crippen molar-refractivity contribution in [1.82, 2.24) is 9.97 Å². The highest BCUT2D eigenvalue weighted by Crippen LogP contribution is 2.32. The third-order valence-electron chi connectivity index (χ3n) is 3.25. The molecule has 0 radical (unpaired) electrons. The summed E-state index contributed by atoms with van der Waals surface area (Å²) < 4.78 is 1.28. The fourth-order valence-electron chi connectivity index (χ4n) is 2.33. The molecule has 0 bridgehead atoms. The Labute approximate surface area is 129 Å². The highest BCUT2D eigenvalue weighted by Gasteiger charge is 2.10. The Morgan fingerprint density at radius 3 is 2.95 bits per heavy atom. The largest absolute Gasteiger partial charge is 0.368 e. The van der Waals surface area contributed by atoms with E-state index >= 15 is 0 Å². The monoisotopic (exact) mass is 312 g/mol. The molecule has 0 spiro atoms. The number of hydrogen-bond acceptors (Lipinski definition) is 6. The lowest BCUT2D eigenvalue weighted by molar-refractivity contribution is 1.24. The quantitative estimate of drug-likeness (QED) is 0.570. The second kappa shape index (κ2) is 4.68. The van der Waals surface area contributed by atoms with Crippen molar-refractivity contribution in [3.63, 3.8) is 0 Å². The normalized spacial score (nSPS) is 11.3. The minimum Gasteiger partial charge on any atom is -0.368 e. The molecule has 4 aromatic rings. The molecule has 0 saturated heterocycles. The van der Waals surface area contributed by atoms with Crippen molar-refractivity contribution in [3.05, 3.63) is 40.6 Å². The van der Waals surface area contributed by atoms with Crippen LogP contribution in [0.1, 0.15) is 4.88 Å². The molecule has 0 aliphatic heterocycles. The summed E-state index contributed by atoms with van der Waals surface area (Å²) in [6, 6.07) is 10.5. The molecule has 4 nitrogen and oxygen atoms in total. The van der Waals surface area contributed by atoms with Crippen LogP contribution in [0.5, 0.6) is 0 Å². The standard InChI is InChI=1S/C15H12N4S2/c1-8-6-11-13(18-15(16)19-14(11)21-8)17-10-2-3-12-9(7-10)4-5-20-12/h2-7H,1H3,(H3,16,17,18,19). The fourth-order valence-corrected chi connectivity index (χ4v) is 3.99. The summed E-state index contributed by atoms with van der Waals surface area (Å²) in [5.74, 6) is 1.06. The lowest BCUT2D eigenvalue weighted by Gasteiger charge is -2.07. The number of thiophene rings is 2. The summed E-state index contributed by atoms with van der Waals surface area (Å²) in [4.78, 5) is 10.7. The molecule has 21 heavy (non-hydrogen) atoms. The molecule has 104 valence electrons. The SMILES string of the molecule is Cc1cc2c(Nc3ccc4sccc4c3)nc(N)nc2s1. The van der Waals surface area contributed by atoms with Gasteiger partial charge in [-0.25, -0.2) is 4.98 Å².